The normalized spacial score (nSPS) is 20.0. The van der Waals surface area contributed by atoms with Gasteiger partial charge in [-0.1, -0.05) is 31.2 Å². The van der Waals surface area contributed by atoms with Gasteiger partial charge in [0, 0.05) is 42.7 Å². The molecule has 36 heavy (non-hydrogen) atoms. The molecule has 1 saturated carbocycles. The Morgan fingerprint density at radius 2 is 1.89 bits per heavy atom. The second kappa shape index (κ2) is 9.54. The van der Waals surface area contributed by atoms with Crippen molar-refractivity contribution in [1.29, 1.82) is 0 Å². The smallest absolute Gasteiger partial charge is 0.190 e. The van der Waals surface area contributed by atoms with Crippen molar-refractivity contribution >= 4 is 16.8 Å². The van der Waals surface area contributed by atoms with Crippen LogP contribution in [0, 0.1) is 5.92 Å². The molecule has 2 atom stereocenters. The average Bonchev–Trinajstić information content (AvgIpc) is 3.31. The highest BCUT2D eigenvalue weighted by Gasteiger charge is 2.47. The Morgan fingerprint density at radius 1 is 1.06 bits per heavy atom. The zero-order valence-electron chi connectivity index (χ0n) is 21.2. The molecule has 2 aliphatic rings. The highest BCUT2D eigenvalue weighted by Crippen LogP contribution is 2.42. The summed E-state index contributed by atoms with van der Waals surface area (Å²) < 4.78 is 13.8. The first-order chi connectivity index (χ1) is 17.5. The van der Waals surface area contributed by atoms with Crippen LogP contribution in [0.1, 0.15) is 26.2 Å². The molecule has 0 spiro atoms. The lowest BCUT2D eigenvalue weighted by Crippen LogP contribution is -2.35. The standard InChI is InChI=1S/C29H33N4O2S/c1-21-11-14-32(18-21)20-29(12-13-29)35-25-9-7-22(8-10-25)24-16-30-28-27(17-31-33(28)19-24)23-5-4-6-26(15-23)36(3)34-2/h4-10,15-17,19,21H,11-14,18,20H2,1-3H3/q+1. The number of fused-ring (bicyclic) bond motifs is 1. The molecule has 7 heteroatoms. The maximum atomic E-state index is 6.47. The van der Waals surface area contributed by atoms with Gasteiger partial charge in [0.1, 0.15) is 17.6 Å². The molecule has 2 aromatic carbocycles. The molecule has 6 nitrogen and oxygen atoms in total. The Hall–Kier alpha value is -2.87. The first kappa shape index (κ1) is 23.5. The van der Waals surface area contributed by atoms with E-state index in [1.807, 2.05) is 23.1 Å². The molecule has 1 saturated heterocycles. The zero-order chi connectivity index (χ0) is 24.7. The molecule has 2 aromatic heterocycles. The van der Waals surface area contributed by atoms with Crippen molar-refractivity contribution in [3.63, 3.8) is 0 Å². The fourth-order valence-electron chi connectivity index (χ4n) is 5.14. The average molecular weight is 502 g/mol. The summed E-state index contributed by atoms with van der Waals surface area (Å²) in [6.45, 7) is 5.80. The summed E-state index contributed by atoms with van der Waals surface area (Å²) in [5.74, 6) is 1.76. The van der Waals surface area contributed by atoms with Gasteiger partial charge in [0.15, 0.2) is 21.7 Å². The van der Waals surface area contributed by atoms with E-state index in [0.717, 1.165) is 63.9 Å². The van der Waals surface area contributed by atoms with Gasteiger partial charge in [-0.05, 0) is 61.1 Å². The molecule has 1 aliphatic heterocycles. The van der Waals surface area contributed by atoms with Crippen LogP contribution in [0.25, 0.3) is 27.9 Å². The Morgan fingerprint density at radius 3 is 2.61 bits per heavy atom. The third kappa shape index (κ3) is 4.75. The van der Waals surface area contributed by atoms with Gasteiger partial charge in [-0.2, -0.15) is 9.28 Å². The number of benzene rings is 2. The minimum atomic E-state index is -0.243. The number of aromatic nitrogens is 3. The van der Waals surface area contributed by atoms with Gasteiger partial charge < -0.3 is 4.74 Å². The van der Waals surface area contributed by atoms with Crippen LogP contribution < -0.4 is 4.74 Å². The maximum absolute atomic E-state index is 6.47. The van der Waals surface area contributed by atoms with Gasteiger partial charge in [0.25, 0.3) is 0 Å². The minimum absolute atomic E-state index is 0.0103. The first-order valence-corrected chi connectivity index (χ1v) is 14.2. The van der Waals surface area contributed by atoms with E-state index in [1.54, 1.807) is 7.11 Å². The molecule has 0 radical (unpaired) electrons. The van der Waals surface area contributed by atoms with Crippen molar-refractivity contribution in [2.75, 3.05) is 33.0 Å². The topological polar surface area (TPSA) is 51.9 Å². The zero-order valence-corrected chi connectivity index (χ0v) is 22.0. The molecule has 0 N–H and O–H groups in total. The molecule has 4 aromatic rings. The Kier molecular flexibility index (Phi) is 6.23. The van der Waals surface area contributed by atoms with Crippen LogP contribution in [-0.4, -0.2) is 58.1 Å². The van der Waals surface area contributed by atoms with E-state index in [9.17, 15) is 0 Å². The number of nitrogens with zero attached hydrogens (tertiary/aromatic N) is 4. The Balaban J connectivity index is 1.18. The third-order valence-electron chi connectivity index (χ3n) is 7.43. The van der Waals surface area contributed by atoms with Crippen LogP contribution in [0.5, 0.6) is 5.75 Å². The molecule has 1 aliphatic carbocycles. The predicted molar refractivity (Wildman–Crippen MR) is 145 cm³/mol. The second-order valence-corrected chi connectivity index (χ2v) is 12.0. The van der Waals surface area contributed by atoms with Crippen LogP contribution >= 0.6 is 0 Å². The lowest BCUT2D eigenvalue weighted by Gasteiger charge is -2.24. The molecular formula is C29H33N4O2S+. The quantitative estimate of drug-likeness (QED) is 0.299. The van der Waals surface area contributed by atoms with Crippen molar-refractivity contribution < 1.29 is 8.92 Å². The van der Waals surface area contributed by atoms with Crippen LogP contribution in [0.2, 0.25) is 0 Å². The molecule has 186 valence electrons. The fraction of sp³-hybridized carbons (Fsp3) is 0.379. The second-order valence-electron chi connectivity index (χ2n) is 10.3. The largest absolute Gasteiger partial charge is 0.486 e. The van der Waals surface area contributed by atoms with Crippen LogP contribution in [0.4, 0.5) is 0 Å². The van der Waals surface area contributed by atoms with Crippen molar-refractivity contribution in [3.05, 3.63) is 67.1 Å². The molecule has 6 rings (SSSR count). The summed E-state index contributed by atoms with van der Waals surface area (Å²) in [5.41, 5.74) is 5.09. The van der Waals surface area contributed by atoms with Crippen LogP contribution in [0.15, 0.2) is 72.0 Å². The van der Waals surface area contributed by atoms with Gasteiger partial charge in [0.2, 0.25) is 0 Å². The van der Waals surface area contributed by atoms with E-state index in [1.165, 1.54) is 19.5 Å². The van der Waals surface area contributed by atoms with E-state index in [-0.39, 0.29) is 16.8 Å². The van der Waals surface area contributed by atoms with Crippen LogP contribution in [0.3, 0.4) is 0 Å². The molecule has 2 fully saturated rings. The SMILES string of the molecule is CO[S+](C)c1cccc(-c2cnn3cc(-c4ccc(OC5(CN6CCC(C)C6)CC5)cc4)cnc23)c1. The van der Waals surface area contributed by atoms with Gasteiger partial charge in [-0.25, -0.2) is 9.50 Å². The summed E-state index contributed by atoms with van der Waals surface area (Å²) in [7, 11) is 1.74. The van der Waals surface area contributed by atoms with Gasteiger partial charge >= 0.3 is 0 Å². The Bertz CT molecular complexity index is 1370. The highest BCUT2D eigenvalue weighted by atomic mass is 32.2. The summed E-state index contributed by atoms with van der Waals surface area (Å²) in [6, 6.07) is 16.8. The summed E-state index contributed by atoms with van der Waals surface area (Å²) >= 11 is -0.243. The molecule has 0 bridgehead atoms. The molecule has 3 heterocycles. The minimum Gasteiger partial charge on any atom is -0.486 e. The maximum Gasteiger partial charge on any atom is 0.190 e. The summed E-state index contributed by atoms with van der Waals surface area (Å²) in [4.78, 5) is 8.51. The van der Waals surface area contributed by atoms with E-state index in [0.29, 0.717) is 0 Å². The fourth-order valence-corrected chi connectivity index (χ4v) is 5.90. The van der Waals surface area contributed by atoms with Crippen molar-refractivity contribution in [1.82, 2.24) is 19.5 Å². The molecular weight excluding hydrogens is 468 g/mol. The molecule has 2 unspecified atom stereocenters. The first-order valence-electron chi connectivity index (χ1n) is 12.7. The predicted octanol–water partition coefficient (Wildman–Crippen LogP) is 5.48. The van der Waals surface area contributed by atoms with E-state index < -0.39 is 0 Å². The van der Waals surface area contributed by atoms with E-state index in [4.69, 9.17) is 13.9 Å². The number of hydrogen-bond donors (Lipinski definition) is 0. The lowest BCUT2D eigenvalue weighted by atomic mass is 10.1. The number of rotatable bonds is 8. The number of ether oxygens (including phenoxy) is 1. The number of likely N-dealkylation sites (tertiary alicyclic amines) is 1. The monoisotopic (exact) mass is 501 g/mol. The van der Waals surface area contributed by atoms with E-state index >= 15 is 0 Å². The molecule has 0 amide bonds. The highest BCUT2D eigenvalue weighted by molar-refractivity contribution is 7.91. The van der Waals surface area contributed by atoms with Gasteiger partial charge in [-0.3, -0.25) is 4.90 Å². The van der Waals surface area contributed by atoms with Crippen molar-refractivity contribution in [2.24, 2.45) is 5.92 Å². The van der Waals surface area contributed by atoms with Gasteiger partial charge in [-0.15, -0.1) is 0 Å². The van der Waals surface area contributed by atoms with Gasteiger partial charge in [0.05, 0.1) is 13.3 Å². The third-order valence-corrected chi connectivity index (χ3v) is 8.85. The summed E-state index contributed by atoms with van der Waals surface area (Å²) in [6.07, 6.45) is 11.5. The summed E-state index contributed by atoms with van der Waals surface area (Å²) in [5, 5.41) is 4.60. The number of hydrogen-bond acceptors (Lipinski definition) is 5. The van der Waals surface area contributed by atoms with Crippen LogP contribution in [-0.2, 0) is 15.4 Å². The van der Waals surface area contributed by atoms with Crippen molar-refractivity contribution in [2.45, 2.75) is 36.7 Å². The lowest BCUT2D eigenvalue weighted by molar-refractivity contribution is 0.124. The Labute approximate surface area is 215 Å². The van der Waals surface area contributed by atoms with Crippen molar-refractivity contribution in [3.8, 4) is 28.0 Å². The van der Waals surface area contributed by atoms with E-state index in [2.05, 4.69) is 71.7 Å².